The monoisotopic (exact) mass is 568 g/mol. The zero-order valence-electron chi connectivity index (χ0n) is 23.0. The highest BCUT2D eigenvalue weighted by Crippen LogP contribution is 2.52. The molecule has 2 heterocycles. The van der Waals surface area contributed by atoms with E-state index in [-0.39, 0.29) is 5.91 Å². The summed E-state index contributed by atoms with van der Waals surface area (Å²) in [6.07, 6.45) is 1.07. The first-order valence-corrected chi connectivity index (χ1v) is 15.6. The molecule has 0 saturated carbocycles. The number of carbonyl (C=O) groups is 1. The Balaban J connectivity index is 1.02. The second-order valence-electron chi connectivity index (χ2n) is 10.7. The number of para-hydroxylation sites is 1. The van der Waals surface area contributed by atoms with E-state index in [0.29, 0.717) is 29.2 Å². The predicted octanol–water partition coefficient (Wildman–Crippen LogP) is 6.34. The van der Waals surface area contributed by atoms with Gasteiger partial charge < -0.3 is 10.2 Å². The number of piperazine rings is 1. The minimum Gasteiger partial charge on any atom is -0.369 e. The van der Waals surface area contributed by atoms with Crippen molar-refractivity contribution in [2.24, 2.45) is 0 Å². The molecule has 0 atom stereocenters. The number of anilines is 2. The smallest absolute Gasteiger partial charge is 0.255 e. The number of hydrogen-bond acceptors (Lipinski definition) is 6. The molecular weight excluding hydrogens is 532 g/mol. The summed E-state index contributed by atoms with van der Waals surface area (Å²) in [4.78, 5) is 18.0. The van der Waals surface area contributed by atoms with E-state index in [1.165, 1.54) is 16.7 Å². The second kappa shape index (κ2) is 12.1. The summed E-state index contributed by atoms with van der Waals surface area (Å²) in [6.45, 7) is 5.38. The van der Waals surface area contributed by atoms with E-state index >= 15 is 0 Å². The summed E-state index contributed by atoms with van der Waals surface area (Å²) in [6, 6.07) is 33.4. The van der Waals surface area contributed by atoms with Crippen molar-refractivity contribution < 1.29 is 13.9 Å². The van der Waals surface area contributed by atoms with Crippen molar-refractivity contribution in [2.75, 3.05) is 42.9 Å². The molecule has 0 aliphatic carbocycles. The zero-order valence-corrected chi connectivity index (χ0v) is 23.8. The Hall–Kier alpha value is -3.66. The Morgan fingerprint density at radius 3 is 2.10 bits per heavy atom. The van der Waals surface area contributed by atoms with E-state index in [2.05, 4.69) is 51.5 Å². The van der Waals surface area contributed by atoms with Gasteiger partial charge in [0, 0.05) is 62.8 Å². The molecule has 1 saturated heterocycles. The highest BCUT2D eigenvalue weighted by molar-refractivity contribution is 8.22. The van der Waals surface area contributed by atoms with Gasteiger partial charge in [0.05, 0.1) is 4.90 Å². The minimum absolute atomic E-state index is 0.195. The van der Waals surface area contributed by atoms with Crippen LogP contribution in [0.2, 0.25) is 0 Å². The molecule has 1 amide bonds. The molecule has 2 aliphatic heterocycles. The third-order valence-electron chi connectivity index (χ3n) is 7.98. The van der Waals surface area contributed by atoms with Crippen LogP contribution in [0.3, 0.4) is 0 Å². The Kier molecular flexibility index (Phi) is 8.09. The number of hydrogen-bond donors (Lipinski definition) is 3. The molecule has 0 unspecified atom stereocenters. The lowest BCUT2D eigenvalue weighted by molar-refractivity contribution is 0.102. The van der Waals surface area contributed by atoms with Crippen molar-refractivity contribution in [3.63, 3.8) is 0 Å². The first-order chi connectivity index (χ1) is 20.0. The molecule has 41 heavy (non-hydrogen) atoms. The van der Waals surface area contributed by atoms with Gasteiger partial charge in [-0.15, -0.1) is 10.8 Å². The molecule has 4 aromatic rings. The van der Waals surface area contributed by atoms with Crippen molar-refractivity contribution in [2.45, 2.75) is 24.4 Å². The first-order valence-electron chi connectivity index (χ1n) is 14.1. The van der Waals surface area contributed by atoms with Gasteiger partial charge in [-0.3, -0.25) is 18.8 Å². The quantitative estimate of drug-likeness (QED) is 0.241. The maximum absolute atomic E-state index is 12.9. The summed E-state index contributed by atoms with van der Waals surface area (Å²) < 4.78 is 23.9. The van der Waals surface area contributed by atoms with E-state index in [1.54, 1.807) is 28.6 Å². The van der Waals surface area contributed by atoms with Crippen molar-refractivity contribution >= 4 is 28.1 Å². The predicted molar refractivity (Wildman–Crippen MR) is 166 cm³/mol. The highest BCUT2D eigenvalue weighted by Gasteiger charge is 2.29. The molecule has 212 valence electrons. The summed E-state index contributed by atoms with van der Waals surface area (Å²) in [5, 5.41) is 2.93. The molecule has 0 aromatic heterocycles. The Morgan fingerprint density at radius 2 is 1.39 bits per heavy atom. The highest BCUT2D eigenvalue weighted by atomic mass is 32.3. The summed E-state index contributed by atoms with van der Waals surface area (Å²) in [7, 11) is -3.11. The van der Waals surface area contributed by atoms with Crippen LogP contribution in [0.1, 0.15) is 27.0 Å². The van der Waals surface area contributed by atoms with Crippen LogP contribution in [-0.2, 0) is 19.5 Å². The molecule has 2 aliphatic rings. The van der Waals surface area contributed by atoms with Crippen LogP contribution in [0.25, 0.3) is 0 Å². The van der Waals surface area contributed by atoms with Crippen molar-refractivity contribution in [3.8, 4) is 0 Å². The molecule has 0 bridgehead atoms. The van der Waals surface area contributed by atoms with E-state index < -0.39 is 10.8 Å². The number of rotatable bonds is 7. The Labute approximate surface area is 243 Å². The van der Waals surface area contributed by atoms with Gasteiger partial charge in [-0.05, 0) is 71.6 Å². The molecule has 3 N–H and O–H groups in total. The fourth-order valence-electron chi connectivity index (χ4n) is 5.62. The van der Waals surface area contributed by atoms with Crippen molar-refractivity contribution in [1.29, 1.82) is 0 Å². The van der Waals surface area contributed by atoms with E-state index in [1.807, 2.05) is 42.5 Å². The molecule has 0 radical (unpaired) electrons. The molecule has 7 nitrogen and oxygen atoms in total. The largest absolute Gasteiger partial charge is 0.369 e. The summed E-state index contributed by atoms with van der Waals surface area (Å²) >= 11 is 0. The number of nitrogens with zero attached hydrogens (tertiary/aromatic N) is 3. The molecule has 6 rings (SSSR count). The van der Waals surface area contributed by atoms with Gasteiger partial charge in [0.1, 0.15) is 0 Å². The topological polar surface area (TPSA) is 79.3 Å². The van der Waals surface area contributed by atoms with Gasteiger partial charge in [-0.1, -0.05) is 54.6 Å². The van der Waals surface area contributed by atoms with Crippen LogP contribution in [0.15, 0.2) is 108 Å². The van der Waals surface area contributed by atoms with Crippen LogP contribution in [-0.4, -0.2) is 56.9 Å². The lowest BCUT2D eigenvalue weighted by Crippen LogP contribution is -2.47. The summed E-state index contributed by atoms with van der Waals surface area (Å²) in [5.41, 5.74) is 6.36. The average Bonchev–Trinajstić information content (AvgIpc) is 3.02. The lowest BCUT2D eigenvalue weighted by atomic mass is 9.99. The molecular formula is C33H36N4O3S. The second-order valence-corrected chi connectivity index (χ2v) is 12.7. The van der Waals surface area contributed by atoms with Crippen LogP contribution in [0.4, 0.5) is 11.4 Å². The van der Waals surface area contributed by atoms with Gasteiger partial charge in [-0.2, -0.15) is 4.31 Å². The van der Waals surface area contributed by atoms with E-state index in [4.69, 9.17) is 0 Å². The first kappa shape index (κ1) is 27.5. The molecule has 1 fully saturated rings. The normalized spacial score (nSPS) is 16.7. The van der Waals surface area contributed by atoms with Crippen LogP contribution >= 0.6 is 10.8 Å². The Morgan fingerprint density at radius 1 is 0.732 bits per heavy atom. The fourth-order valence-corrected chi connectivity index (χ4v) is 7.09. The number of carbonyl (C=O) groups excluding carboxylic acids is 1. The van der Waals surface area contributed by atoms with Gasteiger partial charge in [0.25, 0.3) is 5.91 Å². The van der Waals surface area contributed by atoms with Gasteiger partial charge in [-0.25, -0.2) is 0 Å². The molecule has 8 heteroatoms. The fraction of sp³-hybridized carbons (Fsp3) is 0.242. The average molecular weight is 569 g/mol. The van der Waals surface area contributed by atoms with Gasteiger partial charge >= 0.3 is 0 Å². The third kappa shape index (κ3) is 6.32. The lowest BCUT2D eigenvalue weighted by Gasteiger charge is -2.47. The van der Waals surface area contributed by atoms with Gasteiger partial charge in [0.15, 0.2) is 0 Å². The number of benzene rings is 4. The van der Waals surface area contributed by atoms with Crippen LogP contribution in [0, 0.1) is 0 Å². The van der Waals surface area contributed by atoms with Crippen molar-refractivity contribution in [1.82, 2.24) is 9.21 Å². The molecule has 0 spiro atoms. The third-order valence-corrected chi connectivity index (χ3v) is 9.97. The zero-order chi connectivity index (χ0) is 28.2. The standard InChI is InChI=1S/C33H36N4O3S/c38-33(28-12-10-26(11-13-28)24-35-19-18-27-6-4-5-7-29(27)25-35)34-30-14-16-32(17-15-30)41(39,40)37-22-20-36(21-23-37)31-8-2-1-3-9-31/h1-17,39-40H,18-25H2,(H,34,38). The Bertz CT molecular complexity index is 1470. The van der Waals surface area contributed by atoms with Crippen LogP contribution in [0.5, 0.6) is 0 Å². The number of fused-ring (bicyclic) bond motifs is 1. The maximum atomic E-state index is 12.9. The maximum Gasteiger partial charge on any atom is 0.255 e. The van der Waals surface area contributed by atoms with Gasteiger partial charge in [0.2, 0.25) is 0 Å². The van der Waals surface area contributed by atoms with E-state index in [0.717, 1.165) is 44.8 Å². The summed E-state index contributed by atoms with van der Waals surface area (Å²) in [5.74, 6) is -0.195. The SMILES string of the molecule is O=C(Nc1ccc(S(O)(O)N2CCN(c3ccccc3)CC2)cc1)c1ccc(CN2CCc3ccccc3C2)cc1. The van der Waals surface area contributed by atoms with Crippen molar-refractivity contribution in [3.05, 3.63) is 125 Å². The number of amides is 1. The van der Waals surface area contributed by atoms with E-state index in [9.17, 15) is 13.9 Å². The number of nitrogens with one attached hydrogen (secondary N) is 1. The van der Waals surface area contributed by atoms with Crippen LogP contribution < -0.4 is 10.2 Å². The molecule has 4 aromatic carbocycles. The minimum atomic E-state index is -3.11.